The number of rotatable bonds is 3. The van der Waals surface area contributed by atoms with Gasteiger partial charge in [-0.2, -0.15) is 0 Å². The van der Waals surface area contributed by atoms with E-state index in [1.54, 1.807) is 6.92 Å². The van der Waals surface area contributed by atoms with Crippen LogP contribution < -0.4 is 0 Å². The minimum atomic E-state index is -1.08. The fourth-order valence-electron chi connectivity index (χ4n) is 1.29. The Morgan fingerprint density at radius 1 is 1.14 bits per heavy atom. The molecule has 2 N–H and O–H groups in total. The Morgan fingerprint density at radius 3 is 2.07 bits per heavy atom. The molecule has 0 bridgehead atoms. The van der Waals surface area contributed by atoms with Crippen LogP contribution in [0.3, 0.4) is 0 Å². The summed E-state index contributed by atoms with van der Waals surface area (Å²) in [6.07, 6.45) is -0.830. The standard InChI is InChI=1S/C12H18O2/c1-9(2)12(3,14)11(13)10-7-5-4-6-8-10/h4-9,11,13-14H,1-3H3. The van der Waals surface area contributed by atoms with Crippen LogP contribution in [-0.2, 0) is 0 Å². The first kappa shape index (κ1) is 11.2. The Balaban J connectivity index is 2.90. The van der Waals surface area contributed by atoms with E-state index in [1.165, 1.54) is 0 Å². The molecule has 0 saturated carbocycles. The third-order valence-corrected chi connectivity index (χ3v) is 2.84. The van der Waals surface area contributed by atoms with E-state index in [2.05, 4.69) is 0 Å². The summed E-state index contributed by atoms with van der Waals surface area (Å²) < 4.78 is 0. The Bertz CT molecular complexity index is 278. The molecule has 0 amide bonds. The lowest BCUT2D eigenvalue weighted by Gasteiger charge is -2.33. The molecule has 0 aliphatic rings. The average Bonchev–Trinajstić information content (AvgIpc) is 2.17. The molecule has 0 aromatic heterocycles. The van der Waals surface area contributed by atoms with Crippen LogP contribution >= 0.6 is 0 Å². The highest BCUT2D eigenvalue weighted by atomic mass is 16.3. The lowest BCUT2D eigenvalue weighted by Crippen LogP contribution is -2.38. The lowest BCUT2D eigenvalue weighted by atomic mass is 9.83. The molecule has 0 aliphatic carbocycles. The van der Waals surface area contributed by atoms with Gasteiger partial charge in [0.1, 0.15) is 6.10 Å². The third-order valence-electron chi connectivity index (χ3n) is 2.84. The molecule has 2 nitrogen and oxygen atoms in total. The second-order valence-electron chi connectivity index (χ2n) is 4.19. The van der Waals surface area contributed by atoms with Crippen molar-refractivity contribution < 1.29 is 10.2 Å². The zero-order valence-electron chi connectivity index (χ0n) is 8.94. The number of aliphatic hydroxyl groups is 2. The lowest BCUT2D eigenvalue weighted by molar-refractivity contribution is -0.0941. The molecule has 0 aliphatic heterocycles. The topological polar surface area (TPSA) is 40.5 Å². The molecule has 14 heavy (non-hydrogen) atoms. The fourth-order valence-corrected chi connectivity index (χ4v) is 1.29. The maximum Gasteiger partial charge on any atom is 0.108 e. The highest BCUT2D eigenvalue weighted by Crippen LogP contribution is 2.31. The fraction of sp³-hybridized carbons (Fsp3) is 0.500. The monoisotopic (exact) mass is 194 g/mol. The van der Waals surface area contributed by atoms with Crippen LogP contribution in [-0.4, -0.2) is 15.8 Å². The molecule has 78 valence electrons. The summed E-state index contributed by atoms with van der Waals surface area (Å²) in [4.78, 5) is 0. The predicted octanol–water partition coefficient (Wildman–Crippen LogP) is 2.13. The zero-order valence-corrected chi connectivity index (χ0v) is 8.94. The first-order valence-corrected chi connectivity index (χ1v) is 4.91. The normalized spacial score (nSPS) is 17.9. The van der Waals surface area contributed by atoms with Gasteiger partial charge in [0.05, 0.1) is 5.60 Å². The molecule has 0 saturated heterocycles. The first-order valence-electron chi connectivity index (χ1n) is 4.91. The molecule has 0 fully saturated rings. The van der Waals surface area contributed by atoms with Crippen LogP contribution in [0.25, 0.3) is 0 Å². The quantitative estimate of drug-likeness (QED) is 0.773. The van der Waals surface area contributed by atoms with Crippen molar-refractivity contribution in [2.75, 3.05) is 0 Å². The van der Waals surface area contributed by atoms with Crippen molar-refractivity contribution in [3.63, 3.8) is 0 Å². The summed E-state index contributed by atoms with van der Waals surface area (Å²) >= 11 is 0. The second-order valence-corrected chi connectivity index (χ2v) is 4.19. The molecule has 0 heterocycles. The van der Waals surface area contributed by atoms with E-state index in [1.807, 2.05) is 44.2 Å². The third kappa shape index (κ3) is 2.14. The Labute approximate surface area is 85.2 Å². The van der Waals surface area contributed by atoms with Crippen LogP contribution in [0.1, 0.15) is 32.4 Å². The van der Waals surface area contributed by atoms with Gasteiger partial charge in [-0.1, -0.05) is 44.2 Å². The van der Waals surface area contributed by atoms with Gasteiger partial charge in [0, 0.05) is 0 Å². The molecule has 0 spiro atoms. The molecular weight excluding hydrogens is 176 g/mol. The van der Waals surface area contributed by atoms with Gasteiger partial charge in [-0.25, -0.2) is 0 Å². The number of aliphatic hydroxyl groups excluding tert-OH is 1. The highest BCUT2D eigenvalue weighted by molar-refractivity contribution is 5.20. The van der Waals surface area contributed by atoms with Gasteiger partial charge in [0.2, 0.25) is 0 Å². The molecule has 2 unspecified atom stereocenters. The van der Waals surface area contributed by atoms with Crippen molar-refractivity contribution in [1.29, 1.82) is 0 Å². The van der Waals surface area contributed by atoms with Gasteiger partial charge in [-0.3, -0.25) is 0 Å². The molecule has 1 aromatic carbocycles. The van der Waals surface area contributed by atoms with Crippen LogP contribution in [0.15, 0.2) is 30.3 Å². The van der Waals surface area contributed by atoms with Crippen molar-refractivity contribution in [3.8, 4) is 0 Å². The van der Waals surface area contributed by atoms with Crippen LogP contribution in [0.2, 0.25) is 0 Å². The molecule has 2 atom stereocenters. The van der Waals surface area contributed by atoms with Crippen molar-refractivity contribution in [1.82, 2.24) is 0 Å². The van der Waals surface area contributed by atoms with Gasteiger partial charge in [0.25, 0.3) is 0 Å². The molecule has 0 radical (unpaired) electrons. The number of benzene rings is 1. The van der Waals surface area contributed by atoms with E-state index >= 15 is 0 Å². The van der Waals surface area contributed by atoms with E-state index in [4.69, 9.17) is 0 Å². The van der Waals surface area contributed by atoms with Gasteiger partial charge in [-0.05, 0) is 18.4 Å². The van der Waals surface area contributed by atoms with Crippen LogP contribution in [0, 0.1) is 5.92 Å². The Hall–Kier alpha value is -0.860. The van der Waals surface area contributed by atoms with E-state index in [9.17, 15) is 10.2 Å². The zero-order chi connectivity index (χ0) is 10.8. The predicted molar refractivity (Wildman–Crippen MR) is 56.9 cm³/mol. The van der Waals surface area contributed by atoms with Crippen molar-refractivity contribution in [2.45, 2.75) is 32.5 Å². The summed E-state index contributed by atoms with van der Waals surface area (Å²) in [5.74, 6) is 0.0118. The van der Waals surface area contributed by atoms with Gasteiger partial charge < -0.3 is 10.2 Å². The maximum atomic E-state index is 10.1. The largest absolute Gasteiger partial charge is 0.387 e. The average molecular weight is 194 g/mol. The Kier molecular flexibility index (Phi) is 3.29. The van der Waals surface area contributed by atoms with Crippen LogP contribution in [0.4, 0.5) is 0 Å². The number of hydrogen-bond acceptors (Lipinski definition) is 2. The summed E-state index contributed by atoms with van der Waals surface area (Å²) in [5, 5.41) is 20.0. The summed E-state index contributed by atoms with van der Waals surface area (Å²) in [7, 11) is 0. The van der Waals surface area contributed by atoms with Crippen molar-refractivity contribution >= 4 is 0 Å². The second kappa shape index (κ2) is 4.11. The summed E-state index contributed by atoms with van der Waals surface area (Å²) in [6, 6.07) is 9.24. The number of hydrogen-bond donors (Lipinski definition) is 2. The minimum absolute atomic E-state index is 0.0118. The van der Waals surface area contributed by atoms with Gasteiger partial charge in [-0.15, -0.1) is 0 Å². The summed E-state index contributed by atoms with van der Waals surface area (Å²) in [6.45, 7) is 5.45. The highest BCUT2D eigenvalue weighted by Gasteiger charge is 2.34. The van der Waals surface area contributed by atoms with E-state index in [-0.39, 0.29) is 5.92 Å². The maximum absolute atomic E-state index is 10.1. The van der Waals surface area contributed by atoms with Crippen molar-refractivity contribution in [2.24, 2.45) is 5.92 Å². The Morgan fingerprint density at radius 2 is 1.64 bits per heavy atom. The molecular formula is C12H18O2. The van der Waals surface area contributed by atoms with Gasteiger partial charge in [0.15, 0.2) is 0 Å². The smallest absolute Gasteiger partial charge is 0.108 e. The van der Waals surface area contributed by atoms with E-state index in [0.717, 1.165) is 5.56 Å². The van der Waals surface area contributed by atoms with Crippen LogP contribution in [0.5, 0.6) is 0 Å². The van der Waals surface area contributed by atoms with Gasteiger partial charge >= 0.3 is 0 Å². The first-order chi connectivity index (χ1) is 6.46. The molecule has 1 aromatic rings. The van der Waals surface area contributed by atoms with Crippen molar-refractivity contribution in [3.05, 3.63) is 35.9 Å². The minimum Gasteiger partial charge on any atom is -0.387 e. The van der Waals surface area contributed by atoms with E-state index < -0.39 is 11.7 Å². The molecule has 2 heteroatoms. The SMILES string of the molecule is CC(C)C(C)(O)C(O)c1ccccc1. The molecule has 1 rings (SSSR count). The van der Waals surface area contributed by atoms with E-state index in [0.29, 0.717) is 0 Å². The summed E-state index contributed by atoms with van der Waals surface area (Å²) in [5.41, 5.74) is -0.326.